The van der Waals surface area contributed by atoms with E-state index in [0.29, 0.717) is 17.2 Å². The average molecular weight is 375 g/mol. The molecule has 0 bridgehead atoms. The number of rotatable bonds is 6. The Bertz CT molecular complexity index is 730. The van der Waals surface area contributed by atoms with Gasteiger partial charge in [-0.3, -0.25) is 4.79 Å². The Morgan fingerprint density at radius 1 is 1.23 bits per heavy atom. The van der Waals surface area contributed by atoms with Crippen LogP contribution in [0.4, 0.5) is 11.4 Å². The third kappa shape index (κ3) is 4.90. The van der Waals surface area contributed by atoms with Crippen LogP contribution in [0.3, 0.4) is 0 Å². The highest BCUT2D eigenvalue weighted by molar-refractivity contribution is 6.30. The minimum absolute atomic E-state index is 0.174. The number of carbonyl (C=O) groups is 1. The molecule has 1 atom stereocenters. The molecular weight excluding hydrogens is 352 g/mol. The Kier molecular flexibility index (Phi) is 6.36. The lowest BCUT2D eigenvalue weighted by Gasteiger charge is -2.29. The lowest BCUT2D eigenvalue weighted by Crippen LogP contribution is -2.36. The van der Waals surface area contributed by atoms with Crippen LogP contribution in [-0.4, -0.2) is 38.3 Å². The summed E-state index contributed by atoms with van der Waals surface area (Å²) in [6.07, 6.45) is -0.0168. The SMILES string of the molecule is CC[C@H](Oc1cccc(Cl)c1)C(=O)Nc1ccc(N2CCOCC2)cc1. The van der Waals surface area contributed by atoms with E-state index < -0.39 is 6.10 Å². The predicted molar refractivity (Wildman–Crippen MR) is 104 cm³/mol. The maximum absolute atomic E-state index is 12.5. The molecule has 2 aromatic rings. The minimum atomic E-state index is -0.576. The van der Waals surface area contributed by atoms with Crippen LogP contribution in [0, 0.1) is 0 Å². The van der Waals surface area contributed by atoms with Crippen molar-refractivity contribution in [1.82, 2.24) is 0 Å². The second-order valence-electron chi connectivity index (χ2n) is 6.11. The molecular formula is C20H23ClN2O3. The number of benzene rings is 2. The monoisotopic (exact) mass is 374 g/mol. The van der Waals surface area contributed by atoms with Crippen molar-refractivity contribution in [2.45, 2.75) is 19.4 Å². The number of halogens is 1. The molecule has 5 nitrogen and oxygen atoms in total. The molecule has 26 heavy (non-hydrogen) atoms. The average Bonchev–Trinajstić information content (AvgIpc) is 2.67. The molecule has 1 N–H and O–H groups in total. The molecule has 1 aliphatic rings. The number of hydrogen-bond acceptors (Lipinski definition) is 4. The Morgan fingerprint density at radius 3 is 2.62 bits per heavy atom. The summed E-state index contributed by atoms with van der Waals surface area (Å²) in [6.45, 7) is 5.18. The Balaban J connectivity index is 1.60. The Hall–Kier alpha value is -2.24. The molecule has 0 saturated carbocycles. The highest BCUT2D eigenvalue weighted by Gasteiger charge is 2.19. The van der Waals surface area contributed by atoms with Crippen LogP contribution in [0.2, 0.25) is 5.02 Å². The molecule has 2 aromatic carbocycles. The molecule has 1 fully saturated rings. The van der Waals surface area contributed by atoms with E-state index in [9.17, 15) is 4.79 Å². The fourth-order valence-electron chi connectivity index (χ4n) is 2.83. The highest BCUT2D eigenvalue weighted by Crippen LogP contribution is 2.21. The van der Waals surface area contributed by atoms with Crippen molar-refractivity contribution < 1.29 is 14.3 Å². The van der Waals surface area contributed by atoms with Gasteiger partial charge in [-0.2, -0.15) is 0 Å². The summed E-state index contributed by atoms with van der Waals surface area (Å²) < 4.78 is 11.2. The van der Waals surface area contributed by atoms with Crippen LogP contribution in [0.25, 0.3) is 0 Å². The van der Waals surface area contributed by atoms with Crippen LogP contribution < -0.4 is 15.0 Å². The number of ether oxygens (including phenoxy) is 2. The molecule has 1 aliphatic heterocycles. The Labute approximate surface area is 158 Å². The normalized spacial score (nSPS) is 15.4. The fraction of sp³-hybridized carbons (Fsp3) is 0.350. The van der Waals surface area contributed by atoms with Crippen molar-refractivity contribution in [2.24, 2.45) is 0 Å². The van der Waals surface area contributed by atoms with Gasteiger partial charge < -0.3 is 19.7 Å². The standard InChI is InChI=1S/C20H23ClN2O3/c1-2-19(26-18-5-3-4-15(21)14-18)20(24)22-16-6-8-17(9-7-16)23-10-12-25-13-11-23/h3-9,14,19H,2,10-13H2,1H3,(H,22,24)/t19-/m0/s1. The molecule has 0 aromatic heterocycles. The topological polar surface area (TPSA) is 50.8 Å². The number of amides is 1. The molecule has 0 spiro atoms. The number of anilines is 2. The van der Waals surface area contributed by atoms with Crippen LogP contribution >= 0.6 is 11.6 Å². The summed E-state index contributed by atoms with van der Waals surface area (Å²) in [4.78, 5) is 14.8. The maximum Gasteiger partial charge on any atom is 0.265 e. The van der Waals surface area contributed by atoms with Crippen LogP contribution in [-0.2, 0) is 9.53 Å². The van der Waals surface area contributed by atoms with Crippen LogP contribution in [0.15, 0.2) is 48.5 Å². The van der Waals surface area contributed by atoms with E-state index in [1.807, 2.05) is 31.2 Å². The van der Waals surface area contributed by atoms with Gasteiger partial charge in [0.2, 0.25) is 0 Å². The van der Waals surface area contributed by atoms with E-state index in [1.54, 1.807) is 24.3 Å². The lowest BCUT2D eigenvalue weighted by molar-refractivity contribution is -0.122. The number of nitrogens with one attached hydrogen (secondary N) is 1. The third-order valence-electron chi connectivity index (χ3n) is 4.25. The zero-order chi connectivity index (χ0) is 18.4. The van der Waals surface area contributed by atoms with E-state index in [1.165, 1.54) is 0 Å². The van der Waals surface area contributed by atoms with E-state index >= 15 is 0 Å². The lowest BCUT2D eigenvalue weighted by atomic mass is 10.2. The first-order chi connectivity index (χ1) is 12.7. The molecule has 0 radical (unpaired) electrons. The van der Waals surface area contributed by atoms with E-state index in [2.05, 4.69) is 10.2 Å². The molecule has 6 heteroatoms. The smallest absolute Gasteiger partial charge is 0.265 e. The van der Waals surface area contributed by atoms with E-state index in [0.717, 1.165) is 37.7 Å². The second kappa shape index (κ2) is 8.92. The quantitative estimate of drug-likeness (QED) is 0.831. The summed E-state index contributed by atoms with van der Waals surface area (Å²) in [6, 6.07) is 14.9. The van der Waals surface area contributed by atoms with Gasteiger partial charge in [-0.1, -0.05) is 24.6 Å². The molecule has 1 saturated heterocycles. The molecule has 1 amide bonds. The molecule has 0 aliphatic carbocycles. The van der Waals surface area contributed by atoms with Crippen molar-refractivity contribution >= 4 is 28.9 Å². The first-order valence-corrected chi connectivity index (χ1v) is 9.19. The number of hydrogen-bond donors (Lipinski definition) is 1. The first kappa shape index (κ1) is 18.5. The number of nitrogens with zero attached hydrogens (tertiary/aromatic N) is 1. The van der Waals surface area contributed by atoms with E-state index in [4.69, 9.17) is 21.1 Å². The van der Waals surface area contributed by atoms with Gasteiger partial charge in [0.15, 0.2) is 6.10 Å². The van der Waals surface area contributed by atoms with Crippen LogP contribution in [0.1, 0.15) is 13.3 Å². The number of morpholine rings is 1. The maximum atomic E-state index is 12.5. The summed E-state index contributed by atoms with van der Waals surface area (Å²) in [5, 5.41) is 3.50. The van der Waals surface area contributed by atoms with Gasteiger partial charge in [0, 0.05) is 29.5 Å². The molecule has 138 valence electrons. The zero-order valence-corrected chi connectivity index (χ0v) is 15.5. The zero-order valence-electron chi connectivity index (χ0n) is 14.8. The summed E-state index contributed by atoms with van der Waals surface area (Å²) in [5.41, 5.74) is 1.88. The van der Waals surface area contributed by atoms with Gasteiger partial charge in [0.05, 0.1) is 13.2 Å². The number of carbonyl (C=O) groups excluding carboxylic acids is 1. The third-order valence-corrected chi connectivity index (χ3v) is 4.48. The van der Waals surface area contributed by atoms with Gasteiger partial charge >= 0.3 is 0 Å². The first-order valence-electron chi connectivity index (χ1n) is 8.81. The van der Waals surface area contributed by atoms with Crippen LogP contribution in [0.5, 0.6) is 5.75 Å². The van der Waals surface area contributed by atoms with Crippen molar-refractivity contribution in [3.63, 3.8) is 0 Å². The van der Waals surface area contributed by atoms with Gasteiger partial charge in [0.1, 0.15) is 5.75 Å². The minimum Gasteiger partial charge on any atom is -0.481 e. The fourth-order valence-corrected chi connectivity index (χ4v) is 3.01. The van der Waals surface area contributed by atoms with Gasteiger partial charge in [0.25, 0.3) is 5.91 Å². The van der Waals surface area contributed by atoms with Gasteiger partial charge in [-0.15, -0.1) is 0 Å². The van der Waals surface area contributed by atoms with Crippen molar-refractivity contribution in [3.8, 4) is 5.75 Å². The van der Waals surface area contributed by atoms with Crippen molar-refractivity contribution in [2.75, 3.05) is 36.5 Å². The Morgan fingerprint density at radius 2 is 1.96 bits per heavy atom. The second-order valence-corrected chi connectivity index (χ2v) is 6.54. The molecule has 0 unspecified atom stereocenters. The summed E-state index contributed by atoms with van der Waals surface area (Å²) in [5.74, 6) is 0.411. The predicted octanol–water partition coefficient (Wildman–Crippen LogP) is 3.97. The van der Waals surface area contributed by atoms with Crippen molar-refractivity contribution in [3.05, 3.63) is 53.6 Å². The van der Waals surface area contributed by atoms with Crippen molar-refractivity contribution in [1.29, 1.82) is 0 Å². The summed E-state index contributed by atoms with van der Waals surface area (Å²) >= 11 is 5.97. The van der Waals surface area contributed by atoms with E-state index in [-0.39, 0.29) is 5.91 Å². The summed E-state index contributed by atoms with van der Waals surface area (Å²) in [7, 11) is 0. The molecule has 3 rings (SSSR count). The molecule has 1 heterocycles. The van der Waals surface area contributed by atoms with Gasteiger partial charge in [-0.05, 0) is 48.9 Å². The van der Waals surface area contributed by atoms with Gasteiger partial charge in [-0.25, -0.2) is 0 Å². The largest absolute Gasteiger partial charge is 0.481 e. The highest BCUT2D eigenvalue weighted by atomic mass is 35.5.